The third-order valence-electron chi connectivity index (χ3n) is 1.86. The highest BCUT2D eigenvalue weighted by molar-refractivity contribution is 14.1. The van der Waals surface area contributed by atoms with Crippen molar-refractivity contribution in [2.24, 2.45) is 0 Å². The summed E-state index contributed by atoms with van der Waals surface area (Å²) in [6.45, 7) is 4.02. The third kappa shape index (κ3) is 6.99. The summed E-state index contributed by atoms with van der Waals surface area (Å²) in [7, 11) is 0. The zero-order valence-corrected chi connectivity index (χ0v) is 11.8. The molecule has 2 unspecified atom stereocenters. The van der Waals surface area contributed by atoms with E-state index in [4.69, 9.17) is 5.11 Å². The number of nitrogens with one attached hydrogen (secondary N) is 1. The van der Waals surface area contributed by atoms with Gasteiger partial charge in [0.1, 0.15) is 0 Å². The molecule has 0 aliphatic heterocycles. The molecule has 0 rings (SSSR count). The molecule has 6 heteroatoms. The van der Waals surface area contributed by atoms with E-state index in [1.54, 1.807) is 0 Å². The van der Waals surface area contributed by atoms with E-state index in [0.29, 0.717) is 9.80 Å². The van der Waals surface area contributed by atoms with Crippen LogP contribution < -0.4 is 5.32 Å². The van der Waals surface area contributed by atoms with E-state index >= 15 is 0 Å². The molecule has 0 saturated heterocycles. The second-order valence-corrected chi connectivity index (χ2v) is 5.52. The molecular weight excluding hydrogens is 329 g/mol. The third-order valence-corrected chi connectivity index (χ3v) is 3.75. The van der Waals surface area contributed by atoms with Crippen molar-refractivity contribution in [3.8, 4) is 0 Å². The Kier molecular flexibility index (Phi) is 8.22. The van der Waals surface area contributed by atoms with Crippen LogP contribution in [0.4, 0.5) is 0 Å². The first-order valence-corrected chi connectivity index (χ1v) is 7.19. The normalized spacial score (nSPS) is 14.3. The maximum atomic E-state index is 11.5. The van der Waals surface area contributed by atoms with Gasteiger partial charge in [-0.3, -0.25) is 9.59 Å². The molecule has 0 heterocycles. The average Bonchev–Trinajstić information content (AvgIpc) is 2.16. The van der Waals surface area contributed by atoms with Crippen molar-refractivity contribution in [2.45, 2.75) is 37.2 Å². The number of aliphatic carboxylic acids is 1. The molecule has 0 aromatic heterocycles. The van der Waals surface area contributed by atoms with Crippen LogP contribution in [0.1, 0.15) is 26.7 Å². The van der Waals surface area contributed by atoms with E-state index in [2.05, 4.69) is 5.32 Å². The van der Waals surface area contributed by atoms with Crippen LogP contribution in [0.25, 0.3) is 0 Å². The number of carbonyl (C=O) groups excluding carboxylic acids is 1. The molecule has 0 spiro atoms. The number of hydrogen-bond acceptors (Lipinski definition) is 3. The van der Waals surface area contributed by atoms with Gasteiger partial charge in [0.2, 0.25) is 5.91 Å². The number of carboxylic acids is 1. The number of halogens is 1. The van der Waals surface area contributed by atoms with Crippen molar-refractivity contribution < 1.29 is 14.7 Å². The lowest BCUT2D eigenvalue weighted by atomic mass is 10.3. The number of thioether (sulfide) groups is 1. The highest BCUT2D eigenvalue weighted by atomic mass is 127. The zero-order chi connectivity index (χ0) is 11.8. The van der Waals surface area contributed by atoms with Crippen molar-refractivity contribution in [1.82, 2.24) is 5.32 Å². The summed E-state index contributed by atoms with van der Waals surface area (Å²) >= 11 is 3.45. The molecule has 1 amide bonds. The maximum Gasteiger partial charge on any atom is 0.305 e. The van der Waals surface area contributed by atoms with Crippen LogP contribution in [0.3, 0.4) is 0 Å². The Morgan fingerprint density at radius 1 is 1.53 bits per heavy atom. The molecule has 0 saturated carbocycles. The minimum Gasteiger partial charge on any atom is -0.481 e. The predicted molar refractivity (Wildman–Crippen MR) is 70.4 cm³/mol. The minimum atomic E-state index is -0.931. The van der Waals surface area contributed by atoms with Crippen molar-refractivity contribution in [1.29, 1.82) is 0 Å². The number of rotatable bonds is 7. The Morgan fingerprint density at radius 3 is 2.53 bits per heavy atom. The number of carboxylic acid groups (broad SMARTS) is 1. The van der Waals surface area contributed by atoms with Crippen molar-refractivity contribution in [3.63, 3.8) is 0 Å². The molecule has 0 aromatic carbocycles. The summed E-state index contributed by atoms with van der Waals surface area (Å²) in [5.41, 5.74) is 0. The van der Waals surface area contributed by atoms with Crippen molar-refractivity contribution in [2.75, 3.05) is 4.55 Å². The quantitative estimate of drug-likeness (QED) is 0.420. The van der Waals surface area contributed by atoms with E-state index in [0.717, 1.165) is 6.42 Å². The first-order valence-electron chi connectivity index (χ1n) is 4.72. The van der Waals surface area contributed by atoms with E-state index in [9.17, 15) is 9.59 Å². The van der Waals surface area contributed by atoms with Gasteiger partial charge >= 0.3 is 5.97 Å². The van der Waals surface area contributed by atoms with Gasteiger partial charge in [-0.05, 0) is 6.42 Å². The van der Waals surface area contributed by atoms with E-state index in [1.807, 2.05) is 36.4 Å². The molecule has 2 N–H and O–H groups in total. The van der Waals surface area contributed by atoms with Crippen LogP contribution in [0.5, 0.6) is 0 Å². The van der Waals surface area contributed by atoms with Gasteiger partial charge < -0.3 is 10.4 Å². The van der Waals surface area contributed by atoms with Gasteiger partial charge in [0.15, 0.2) is 0 Å². The fraction of sp³-hybridized carbons (Fsp3) is 0.778. The second-order valence-electron chi connectivity index (χ2n) is 3.12. The Balaban J connectivity index is 4.29. The molecule has 2 atom stereocenters. The van der Waals surface area contributed by atoms with Gasteiger partial charge in [-0.2, -0.15) is 0 Å². The highest BCUT2D eigenvalue weighted by Gasteiger charge is 2.23. The average molecular weight is 345 g/mol. The van der Waals surface area contributed by atoms with Crippen LogP contribution in [-0.4, -0.2) is 32.0 Å². The molecule has 0 aliphatic carbocycles. The number of hydrogen-bond donors (Lipinski definition) is 2. The molecule has 0 aromatic rings. The van der Waals surface area contributed by atoms with E-state index in [-0.39, 0.29) is 12.3 Å². The lowest BCUT2D eigenvalue weighted by molar-refractivity contribution is -0.138. The lowest BCUT2D eigenvalue weighted by Gasteiger charge is -2.17. The first kappa shape index (κ1) is 15.0. The van der Waals surface area contributed by atoms with E-state index in [1.165, 1.54) is 11.8 Å². The predicted octanol–water partition coefficient (Wildman–Crippen LogP) is 1.87. The van der Waals surface area contributed by atoms with Gasteiger partial charge in [0, 0.05) is 5.25 Å². The molecule has 0 radical (unpaired) electrons. The monoisotopic (exact) mass is 345 g/mol. The standard InChI is InChI=1S/C9H16INO3S/c1-3-6(2)15-7(4-8(12)13)9(14)11-5-10/h6-7H,3-5H2,1-2H3,(H,11,14)(H,12,13). The van der Waals surface area contributed by atoms with Crippen LogP contribution >= 0.6 is 34.4 Å². The fourth-order valence-corrected chi connectivity index (χ4v) is 2.49. The number of amides is 1. The Hall–Kier alpha value is 0.0200. The molecule has 15 heavy (non-hydrogen) atoms. The van der Waals surface area contributed by atoms with E-state index < -0.39 is 11.2 Å². The molecule has 0 aliphatic rings. The van der Waals surface area contributed by atoms with Crippen molar-refractivity contribution >= 4 is 46.2 Å². The van der Waals surface area contributed by atoms with Gasteiger partial charge in [-0.15, -0.1) is 11.8 Å². The van der Waals surface area contributed by atoms with Crippen LogP contribution in [0.2, 0.25) is 0 Å². The zero-order valence-electron chi connectivity index (χ0n) is 8.83. The Labute approximate surface area is 108 Å². The summed E-state index contributed by atoms with van der Waals surface area (Å²) < 4.78 is 0.508. The maximum absolute atomic E-state index is 11.5. The summed E-state index contributed by atoms with van der Waals surface area (Å²) in [6, 6.07) is 0. The number of alkyl halides is 1. The Bertz CT molecular complexity index is 225. The fourth-order valence-electron chi connectivity index (χ4n) is 0.918. The highest BCUT2D eigenvalue weighted by Crippen LogP contribution is 2.22. The molecule has 0 bridgehead atoms. The summed E-state index contributed by atoms with van der Waals surface area (Å²) in [6.07, 6.45) is 0.815. The lowest BCUT2D eigenvalue weighted by Crippen LogP contribution is -2.34. The minimum absolute atomic E-state index is 0.114. The van der Waals surface area contributed by atoms with Crippen molar-refractivity contribution in [3.05, 3.63) is 0 Å². The molecule has 88 valence electrons. The van der Waals surface area contributed by atoms with Gasteiger partial charge in [0.05, 0.1) is 16.2 Å². The molecule has 0 fully saturated rings. The van der Waals surface area contributed by atoms with Gasteiger partial charge in [-0.1, -0.05) is 36.4 Å². The van der Waals surface area contributed by atoms with Gasteiger partial charge in [0.25, 0.3) is 0 Å². The largest absolute Gasteiger partial charge is 0.481 e. The van der Waals surface area contributed by atoms with Crippen LogP contribution in [-0.2, 0) is 9.59 Å². The second kappa shape index (κ2) is 8.20. The summed E-state index contributed by atoms with van der Waals surface area (Å²) in [5, 5.41) is 11.2. The smallest absolute Gasteiger partial charge is 0.305 e. The van der Waals surface area contributed by atoms with Crippen LogP contribution in [0, 0.1) is 0 Å². The SMILES string of the molecule is CCC(C)SC(CC(=O)O)C(=O)NCI. The van der Waals surface area contributed by atoms with Gasteiger partial charge in [-0.25, -0.2) is 0 Å². The topological polar surface area (TPSA) is 66.4 Å². The van der Waals surface area contributed by atoms with Crippen LogP contribution in [0.15, 0.2) is 0 Å². The summed E-state index contributed by atoms with van der Waals surface area (Å²) in [4.78, 5) is 22.1. The number of carbonyl (C=O) groups is 2. The molecule has 4 nitrogen and oxygen atoms in total. The first-order chi connectivity index (χ1) is 7.01. The Morgan fingerprint density at radius 2 is 2.13 bits per heavy atom. The molecular formula is C9H16INO3S. The summed E-state index contributed by atoms with van der Waals surface area (Å²) in [5.74, 6) is -1.11.